The number of piperidine rings is 1. The molecule has 1 aliphatic heterocycles. The van der Waals surface area contributed by atoms with Gasteiger partial charge in [0.1, 0.15) is 0 Å². The maximum atomic E-state index is 12.2. The van der Waals surface area contributed by atoms with Crippen LogP contribution in [0.2, 0.25) is 5.02 Å². The molecular weight excluding hydrogens is 248 g/mol. The first-order valence-electron chi connectivity index (χ1n) is 6.32. The molecule has 0 unspecified atom stereocenters. The third kappa shape index (κ3) is 3.03. The fourth-order valence-corrected chi connectivity index (χ4v) is 2.53. The van der Waals surface area contributed by atoms with E-state index in [4.69, 9.17) is 11.6 Å². The quantitative estimate of drug-likeness (QED) is 0.893. The van der Waals surface area contributed by atoms with E-state index in [0.29, 0.717) is 5.02 Å². The molecule has 1 amide bonds. The maximum absolute atomic E-state index is 12.2. The monoisotopic (exact) mass is 266 g/mol. The molecule has 0 spiro atoms. The summed E-state index contributed by atoms with van der Waals surface area (Å²) in [6.45, 7) is 3.84. The summed E-state index contributed by atoms with van der Waals surface area (Å²) >= 11 is 6.05. The van der Waals surface area contributed by atoms with Gasteiger partial charge in [0.05, 0.1) is 5.92 Å². The molecule has 1 heterocycles. The van der Waals surface area contributed by atoms with Crippen molar-refractivity contribution in [3.8, 4) is 0 Å². The molecule has 1 saturated heterocycles. The second-order valence-corrected chi connectivity index (χ2v) is 5.41. The van der Waals surface area contributed by atoms with Crippen LogP contribution in [0, 0.1) is 12.8 Å². The van der Waals surface area contributed by atoms with Crippen molar-refractivity contribution in [3.05, 3.63) is 28.8 Å². The normalized spacial score (nSPS) is 20.7. The second-order valence-electron chi connectivity index (χ2n) is 5.00. The predicted molar refractivity (Wildman–Crippen MR) is 75.0 cm³/mol. The zero-order valence-corrected chi connectivity index (χ0v) is 11.6. The number of halogens is 1. The summed E-state index contributed by atoms with van der Waals surface area (Å²) in [4.78, 5) is 14.4. The van der Waals surface area contributed by atoms with Crippen molar-refractivity contribution < 1.29 is 4.79 Å². The molecule has 98 valence electrons. The highest BCUT2D eigenvalue weighted by Gasteiger charge is 2.24. The van der Waals surface area contributed by atoms with Crippen molar-refractivity contribution >= 4 is 23.2 Å². The number of hydrogen-bond acceptors (Lipinski definition) is 2. The van der Waals surface area contributed by atoms with Gasteiger partial charge in [0.25, 0.3) is 0 Å². The summed E-state index contributed by atoms with van der Waals surface area (Å²) < 4.78 is 0. The molecule has 1 aliphatic rings. The number of carbonyl (C=O) groups is 1. The van der Waals surface area contributed by atoms with Gasteiger partial charge in [-0.25, -0.2) is 0 Å². The van der Waals surface area contributed by atoms with Gasteiger partial charge in [-0.3, -0.25) is 4.79 Å². The predicted octanol–water partition coefficient (Wildman–Crippen LogP) is 2.93. The van der Waals surface area contributed by atoms with Crippen molar-refractivity contribution in [1.82, 2.24) is 4.90 Å². The Labute approximate surface area is 113 Å². The SMILES string of the molecule is Cc1c(Cl)cccc1NC(=O)[C@H]1CCCN(C)C1. The molecule has 4 heteroatoms. The molecule has 3 nitrogen and oxygen atoms in total. The first-order valence-corrected chi connectivity index (χ1v) is 6.70. The molecule has 2 rings (SSSR count). The summed E-state index contributed by atoms with van der Waals surface area (Å²) in [5.41, 5.74) is 1.75. The number of nitrogens with zero attached hydrogens (tertiary/aromatic N) is 1. The third-order valence-electron chi connectivity index (χ3n) is 3.52. The van der Waals surface area contributed by atoms with E-state index in [9.17, 15) is 4.79 Å². The van der Waals surface area contributed by atoms with Crippen LogP contribution in [0.4, 0.5) is 5.69 Å². The average molecular weight is 267 g/mol. The zero-order valence-electron chi connectivity index (χ0n) is 10.9. The van der Waals surface area contributed by atoms with Crippen molar-refractivity contribution in [3.63, 3.8) is 0 Å². The largest absolute Gasteiger partial charge is 0.326 e. The van der Waals surface area contributed by atoms with Crippen molar-refractivity contribution in [2.45, 2.75) is 19.8 Å². The van der Waals surface area contributed by atoms with Crippen LogP contribution in [0.15, 0.2) is 18.2 Å². The number of hydrogen-bond donors (Lipinski definition) is 1. The van der Waals surface area contributed by atoms with Gasteiger partial charge in [0.2, 0.25) is 5.91 Å². The number of rotatable bonds is 2. The Morgan fingerprint density at radius 2 is 2.28 bits per heavy atom. The van der Waals surface area contributed by atoms with Crippen molar-refractivity contribution in [2.75, 3.05) is 25.5 Å². The average Bonchev–Trinajstić information content (AvgIpc) is 2.35. The van der Waals surface area contributed by atoms with Crippen molar-refractivity contribution in [1.29, 1.82) is 0 Å². The summed E-state index contributed by atoms with van der Waals surface area (Å²) in [6.07, 6.45) is 2.05. The summed E-state index contributed by atoms with van der Waals surface area (Å²) in [7, 11) is 2.06. The molecule has 1 aromatic carbocycles. The molecule has 0 saturated carbocycles. The number of nitrogens with one attached hydrogen (secondary N) is 1. The standard InChI is InChI=1S/C14H19ClN2O/c1-10-12(15)6-3-7-13(10)16-14(18)11-5-4-8-17(2)9-11/h3,6-7,11H,4-5,8-9H2,1-2H3,(H,16,18)/t11-/m0/s1. The van der Waals surface area contributed by atoms with Crippen LogP contribution in [0.5, 0.6) is 0 Å². The van der Waals surface area contributed by atoms with Gasteiger partial charge in [0, 0.05) is 17.3 Å². The van der Waals surface area contributed by atoms with Crippen molar-refractivity contribution in [2.24, 2.45) is 5.92 Å². The number of carbonyl (C=O) groups excluding carboxylic acids is 1. The molecule has 0 aliphatic carbocycles. The lowest BCUT2D eigenvalue weighted by molar-refractivity contribution is -0.121. The first kappa shape index (κ1) is 13.4. The highest BCUT2D eigenvalue weighted by atomic mass is 35.5. The smallest absolute Gasteiger partial charge is 0.228 e. The van der Waals surface area contributed by atoms with Gasteiger partial charge < -0.3 is 10.2 Å². The van der Waals surface area contributed by atoms with Crippen LogP contribution in [0.3, 0.4) is 0 Å². The summed E-state index contributed by atoms with van der Waals surface area (Å²) in [6, 6.07) is 5.59. The van der Waals surface area contributed by atoms with Crippen LogP contribution in [-0.4, -0.2) is 30.9 Å². The van der Waals surface area contributed by atoms with E-state index in [1.54, 1.807) is 0 Å². The van der Waals surface area contributed by atoms with Crippen LogP contribution in [0.1, 0.15) is 18.4 Å². The molecule has 1 N–H and O–H groups in total. The Bertz CT molecular complexity index is 447. The molecule has 1 aromatic rings. The molecular formula is C14H19ClN2O. The van der Waals surface area contributed by atoms with Gasteiger partial charge in [-0.1, -0.05) is 17.7 Å². The fourth-order valence-electron chi connectivity index (χ4n) is 2.36. The van der Waals surface area contributed by atoms with E-state index in [2.05, 4.69) is 17.3 Å². The second kappa shape index (κ2) is 5.72. The van der Waals surface area contributed by atoms with Gasteiger partial charge in [-0.2, -0.15) is 0 Å². The Morgan fingerprint density at radius 3 is 3.00 bits per heavy atom. The van der Waals surface area contributed by atoms with Gasteiger partial charge >= 0.3 is 0 Å². The van der Waals surface area contributed by atoms with E-state index in [1.807, 2.05) is 25.1 Å². The molecule has 0 bridgehead atoms. The van der Waals surface area contributed by atoms with Crippen LogP contribution in [0.25, 0.3) is 0 Å². The fraction of sp³-hybridized carbons (Fsp3) is 0.500. The van der Waals surface area contributed by atoms with Crippen LogP contribution >= 0.6 is 11.6 Å². The minimum atomic E-state index is 0.0853. The number of likely N-dealkylation sites (tertiary alicyclic amines) is 1. The molecule has 18 heavy (non-hydrogen) atoms. The lowest BCUT2D eigenvalue weighted by Crippen LogP contribution is -2.38. The lowest BCUT2D eigenvalue weighted by Gasteiger charge is -2.28. The highest BCUT2D eigenvalue weighted by Crippen LogP contribution is 2.24. The third-order valence-corrected chi connectivity index (χ3v) is 3.93. The van der Waals surface area contributed by atoms with Gasteiger partial charge in [-0.15, -0.1) is 0 Å². The Kier molecular flexibility index (Phi) is 4.25. The Morgan fingerprint density at radius 1 is 1.50 bits per heavy atom. The summed E-state index contributed by atoms with van der Waals surface area (Å²) in [5.74, 6) is 0.189. The van der Waals surface area contributed by atoms with E-state index >= 15 is 0 Å². The number of amides is 1. The number of anilines is 1. The lowest BCUT2D eigenvalue weighted by atomic mass is 9.97. The van der Waals surface area contributed by atoms with E-state index in [-0.39, 0.29) is 11.8 Å². The highest BCUT2D eigenvalue weighted by molar-refractivity contribution is 6.31. The summed E-state index contributed by atoms with van der Waals surface area (Å²) in [5, 5.41) is 3.68. The van der Waals surface area contributed by atoms with Gasteiger partial charge in [0.15, 0.2) is 0 Å². The zero-order chi connectivity index (χ0) is 13.1. The molecule has 1 fully saturated rings. The first-order chi connectivity index (χ1) is 8.58. The van der Waals surface area contributed by atoms with E-state index in [1.165, 1.54) is 0 Å². The topological polar surface area (TPSA) is 32.3 Å². The molecule has 1 atom stereocenters. The van der Waals surface area contributed by atoms with Crippen LogP contribution in [-0.2, 0) is 4.79 Å². The van der Waals surface area contributed by atoms with E-state index in [0.717, 1.165) is 37.2 Å². The minimum Gasteiger partial charge on any atom is -0.326 e. The van der Waals surface area contributed by atoms with E-state index < -0.39 is 0 Å². The minimum absolute atomic E-state index is 0.0853. The number of benzene rings is 1. The van der Waals surface area contributed by atoms with Crippen LogP contribution < -0.4 is 5.32 Å². The molecule has 0 aromatic heterocycles. The van der Waals surface area contributed by atoms with Gasteiger partial charge in [-0.05, 0) is 51.1 Å². The Hall–Kier alpha value is -1.06. The Balaban J connectivity index is 2.04. The molecule has 0 radical (unpaired) electrons. The maximum Gasteiger partial charge on any atom is 0.228 e.